The van der Waals surface area contributed by atoms with Crippen molar-refractivity contribution in [1.29, 1.82) is 0 Å². The Kier molecular flexibility index (Phi) is 3.66. The fraction of sp³-hybridized carbons (Fsp3) is 0.684. The molecule has 0 amide bonds. The van der Waals surface area contributed by atoms with Crippen molar-refractivity contribution in [2.45, 2.75) is 69.3 Å². The lowest BCUT2D eigenvalue weighted by Crippen LogP contribution is -2.40. The third-order valence-corrected chi connectivity index (χ3v) is 5.80. The van der Waals surface area contributed by atoms with E-state index in [0.29, 0.717) is 5.92 Å². The van der Waals surface area contributed by atoms with Crippen molar-refractivity contribution >= 4 is 5.69 Å². The van der Waals surface area contributed by atoms with Crippen molar-refractivity contribution in [3.8, 4) is 0 Å². The van der Waals surface area contributed by atoms with Gasteiger partial charge in [-0.1, -0.05) is 31.4 Å². The zero-order valence-corrected chi connectivity index (χ0v) is 13.0. The highest BCUT2D eigenvalue weighted by Gasteiger charge is 2.38. The van der Waals surface area contributed by atoms with Crippen molar-refractivity contribution in [3.05, 3.63) is 29.3 Å². The van der Waals surface area contributed by atoms with Crippen molar-refractivity contribution in [2.24, 2.45) is 0 Å². The number of fused-ring (bicyclic) bond motifs is 1. The molecule has 2 fully saturated rings. The third-order valence-electron chi connectivity index (χ3n) is 5.80. The summed E-state index contributed by atoms with van der Waals surface area (Å²) < 4.78 is 6.26. The average Bonchev–Trinajstić information content (AvgIpc) is 2.55. The van der Waals surface area contributed by atoms with Gasteiger partial charge in [0.1, 0.15) is 0 Å². The molecule has 21 heavy (non-hydrogen) atoms. The minimum Gasteiger partial charge on any atom is -0.385 e. The van der Waals surface area contributed by atoms with Crippen LogP contribution in [0, 0.1) is 0 Å². The molecule has 4 rings (SSSR count). The Morgan fingerprint density at radius 2 is 2.00 bits per heavy atom. The van der Waals surface area contributed by atoms with E-state index in [4.69, 9.17) is 4.74 Å². The second-order valence-electron chi connectivity index (χ2n) is 7.23. The summed E-state index contributed by atoms with van der Waals surface area (Å²) in [5.41, 5.74) is 4.65. The van der Waals surface area contributed by atoms with E-state index in [0.717, 1.165) is 13.2 Å². The fourth-order valence-corrected chi connectivity index (χ4v) is 4.59. The van der Waals surface area contributed by atoms with Crippen LogP contribution in [-0.2, 0) is 11.2 Å². The van der Waals surface area contributed by atoms with Crippen LogP contribution < -0.4 is 5.32 Å². The summed E-state index contributed by atoms with van der Waals surface area (Å²) in [4.78, 5) is 0. The Morgan fingerprint density at radius 1 is 1.10 bits per heavy atom. The highest BCUT2D eigenvalue weighted by molar-refractivity contribution is 5.55. The Morgan fingerprint density at radius 3 is 2.90 bits per heavy atom. The first kappa shape index (κ1) is 13.6. The van der Waals surface area contributed by atoms with Gasteiger partial charge in [0.2, 0.25) is 0 Å². The number of rotatable bonds is 1. The Labute approximate surface area is 128 Å². The van der Waals surface area contributed by atoms with E-state index in [9.17, 15) is 0 Å². The molecule has 1 aliphatic carbocycles. The molecule has 3 aliphatic rings. The molecule has 1 unspecified atom stereocenters. The minimum atomic E-state index is 0.213. The zero-order chi connectivity index (χ0) is 14.1. The molecule has 2 aliphatic heterocycles. The topological polar surface area (TPSA) is 21.3 Å². The highest BCUT2D eigenvalue weighted by Crippen LogP contribution is 2.44. The molecular weight excluding hydrogens is 258 g/mol. The number of hydrogen-bond donors (Lipinski definition) is 1. The number of ether oxygens (including phenoxy) is 1. The number of hydrogen-bond acceptors (Lipinski definition) is 2. The summed E-state index contributed by atoms with van der Waals surface area (Å²) in [6.45, 7) is 2.09. The van der Waals surface area contributed by atoms with Crippen LogP contribution in [0.5, 0.6) is 0 Å². The Balaban J connectivity index is 1.55. The van der Waals surface area contributed by atoms with Crippen LogP contribution in [0.2, 0.25) is 0 Å². The predicted molar refractivity (Wildman–Crippen MR) is 87.0 cm³/mol. The normalized spacial score (nSPS) is 27.9. The predicted octanol–water partition coefficient (Wildman–Crippen LogP) is 4.64. The van der Waals surface area contributed by atoms with Gasteiger partial charge in [0.05, 0.1) is 5.60 Å². The van der Waals surface area contributed by atoms with E-state index in [2.05, 4.69) is 23.5 Å². The van der Waals surface area contributed by atoms with Crippen LogP contribution >= 0.6 is 0 Å². The van der Waals surface area contributed by atoms with Crippen molar-refractivity contribution in [3.63, 3.8) is 0 Å². The summed E-state index contributed by atoms with van der Waals surface area (Å²) in [6, 6.07) is 7.18. The van der Waals surface area contributed by atoms with Crippen LogP contribution in [-0.4, -0.2) is 18.8 Å². The lowest BCUT2D eigenvalue weighted by molar-refractivity contribution is -0.106. The van der Waals surface area contributed by atoms with Gasteiger partial charge in [-0.2, -0.15) is 0 Å². The molecule has 1 saturated carbocycles. The van der Waals surface area contributed by atoms with Crippen molar-refractivity contribution in [2.75, 3.05) is 18.5 Å². The standard InChI is InChI=1S/C19H27NO/c1-2-9-19(10-3-1)14-17(8-12-21-19)16-7-6-15-5-4-11-20-18(15)13-16/h6-7,13,17,20H,1-5,8-12,14H2. The van der Waals surface area contributed by atoms with Gasteiger partial charge in [-0.25, -0.2) is 0 Å². The number of benzene rings is 1. The fourth-order valence-electron chi connectivity index (χ4n) is 4.59. The van der Waals surface area contributed by atoms with Crippen LogP contribution in [0.1, 0.15) is 68.4 Å². The second-order valence-corrected chi connectivity index (χ2v) is 7.23. The molecule has 1 saturated heterocycles. The first-order valence-corrected chi connectivity index (χ1v) is 8.85. The molecule has 1 aromatic carbocycles. The first-order valence-electron chi connectivity index (χ1n) is 8.85. The maximum absolute atomic E-state index is 6.26. The Bertz CT molecular complexity index is 499. The lowest BCUT2D eigenvalue weighted by Gasteiger charge is -2.44. The van der Waals surface area contributed by atoms with E-state index in [1.54, 1.807) is 0 Å². The molecule has 2 heteroatoms. The van der Waals surface area contributed by atoms with Gasteiger partial charge < -0.3 is 10.1 Å². The van der Waals surface area contributed by atoms with Gasteiger partial charge in [-0.05, 0) is 61.6 Å². The first-order chi connectivity index (χ1) is 10.3. The smallest absolute Gasteiger partial charge is 0.0688 e. The van der Waals surface area contributed by atoms with Crippen molar-refractivity contribution in [1.82, 2.24) is 0 Å². The van der Waals surface area contributed by atoms with Gasteiger partial charge in [0.15, 0.2) is 0 Å². The SMILES string of the molecule is c1cc2c(cc1C1CCOC3(CCCCC3)C1)NCCC2. The van der Waals surface area contributed by atoms with E-state index in [1.165, 1.54) is 74.6 Å². The van der Waals surface area contributed by atoms with Gasteiger partial charge in [0.25, 0.3) is 0 Å². The van der Waals surface area contributed by atoms with Gasteiger partial charge in [0, 0.05) is 18.8 Å². The molecular formula is C19H27NO. The van der Waals surface area contributed by atoms with Gasteiger partial charge in [-0.15, -0.1) is 0 Å². The van der Waals surface area contributed by atoms with E-state index >= 15 is 0 Å². The largest absolute Gasteiger partial charge is 0.385 e. The third kappa shape index (κ3) is 2.70. The highest BCUT2D eigenvalue weighted by atomic mass is 16.5. The molecule has 0 aromatic heterocycles. The summed E-state index contributed by atoms with van der Waals surface area (Å²) in [7, 11) is 0. The molecule has 1 atom stereocenters. The van der Waals surface area contributed by atoms with E-state index in [1.807, 2.05) is 0 Å². The van der Waals surface area contributed by atoms with Crippen LogP contribution in [0.3, 0.4) is 0 Å². The minimum absolute atomic E-state index is 0.213. The summed E-state index contributed by atoms with van der Waals surface area (Å²) in [6.07, 6.45) is 11.6. The maximum Gasteiger partial charge on any atom is 0.0688 e. The number of aryl methyl sites for hydroxylation is 1. The van der Waals surface area contributed by atoms with Gasteiger partial charge >= 0.3 is 0 Å². The van der Waals surface area contributed by atoms with E-state index < -0.39 is 0 Å². The Hall–Kier alpha value is -1.02. The number of anilines is 1. The lowest BCUT2D eigenvalue weighted by atomic mass is 9.74. The van der Waals surface area contributed by atoms with Crippen molar-refractivity contribution < 1.29 is 4.74 Å². The summed E-state index contributed by atoms with van der Waals surface area (Å²) in [5, 5.41) is 3.58. The molecule has 1 aromatic rings. The molecule has 2 heterocycles. The van der Waals surface area contributed by atoms with Crippen LogP contribution in [0.4, 0.5) is 5.69 Å². The van der Waals surface area contributed by atoms with Crippen LogP contribution in [0.25, 0.3) is 0 Å². The maximum atomic E-state index is 6.26. The quantitative estimate of drug-likeness (QED) is 0.811. The second kappa shape index (κ2) is 5.64. The summed E-state index contributed by atoms with van der Waals surface area (Å²) in [5.74, 6) is 0.700. The number of nitrogens with one attached hydrogen (secondary N) is 1. The average molecular weight is 285 g/mol. The van der Waals surface area contributed by atoms with Crippen LogP contribution in [0.15, 0.2) is 18.2 Å². The molecule has 0 bridgehead atoms. The molecule has 2 nitrogen and oxygen atoms in total. The molecule has 114 valence electrons. The molecule has 0 radical (unpaired) electrons. The van der Waals surface area contributed by atoms with E-state index in [-0.39, 0.29) is 5.60 Å². The monoisotopic (exact) mass is 285 g/mol. The molecule has 1 spiro atoms. The molecule has 1 N–H and O–H groups in total. The summed E-state index contributed by atoms with van der Waals surface area (Å²) >= 11 is 0. The van der Waals surface area contributed by atoms with Gasteiger partial charge in [-0.3, -0.25) is 0 Å². The zero-order valence-electron chi connectivity index (χ0n) is 13.0.